The highest BCUT2D eigenvalue weighted by Gasteiger charge is 2.17. The molecule has 21 heavy (non-hydrogen) atoms. The summed E-state index contributed by atoms with van der Waals surface area (Å²) in [4.78, 5) is 11.2. The molecule has 112 valence electrons. The molecule has 3 N–H and O–H groups in total. The van der Waals surface area contributed by atoms with Crippen LogP contribution in [0.5, 0.6) is 0 Å². The summed E-state index contributed by atoms with van der Waals surface area (Å²) in [5.74, 6) is -0.318. The van der Waals surface area contributed by atoms with Gasteiger partial charge in [-0.1, -0.05) is 36.1 Å². The number of primary amides is 1. The zero-order valence-corrected chi connectivity index (χ0v) is 13.8. The zero-order valence-electron chi connectivity index (χ0n) is 12.2. The van der Waals surface area contributed by atoms with Crippen molar-refractivity contribution in [2.45, 2.75) is 36.8 Å². The van der Waals surface area contributed by atoms with Crippen molar-refractivity contribution in [3.05, 3.63) is 29.3 Å². The number of carbonyl (C=O) groups is 1. The summed E-state index contributed by atoms with van der Waals surface area (Å²) in [5, 5.41) is 11.9. The van der Waals surface area contributed by atoms with Gasteiger partial charge in [0.25, 0.3) is 0 Å². The van der Waals surface area contributed by atoms with E-state index >= 15 is 0 Å². The van der Waals surface area contributed by atoms with Gasteiger partial charge in [0.05, 0.1) is 5.25 Å². The van der Waals surface area contributed by atoms with E-state index in [0.29, 0.717) is 11.6 Å². The van der Waals surface area contributed by atoms with Crippen LogP contribution in [-0.2, 0) is 4.79 Å². The van der Waals surface area contributed by atoms with Crippen LogP contribution in [-0.4, -0.2) is 21.4 Å². The van der Waals surface area contributed by atoms with Crippen LogP contribution < -0.4 is 11.1 Å². The van der Waals surface area contributed by atoms with E-state index in [1.54, 1.807) is 0 Å². The molecule has 0 aliphatic carbocycles. The molecule has 5 nitrogen and oxygen atoms in total. The lowest BCUT2D eigenvalue weighted by atomic mass is 10.1. The third-order valence-electron chi connectivity index (χ3n) is 3.10. The first kappa shape index (κ1) is 15.8. The minimum absolute atomic E-state index is 0.257. The van der Waals surface area contributed by atoms with Crippen molar-refractivity contribution in [2.24, 2.45) is 5.73 Å². The highest BCUT2D eigenvalue weighted by atomic mass is 32.2. The Hall–Kier alpha value is -1.60. The summed E-state index contributed by atoms with van der Waals surface area (Å²) in [6.07, 6.45) is 0.680. The molecule has 1 aromatic heterocycles. The van der Waals surface area contributed by atoms with Crippen molar-refractivity contribution in [2.75, 3.05) is 5.32 Å². The molecule has 1 unspecified atom stereocenters. The predicted octanol–water partition coefficient (Wildman–Crippen LogP) is 3.25. The SMILES string of the molecule is CCC(Sc1nnc(Nc2ccc(C)c(C)c2)s1)C(N)=O. The summed E-state index contributed by atoms with van der Waals surface area (Å²) < 4.78 is 0.743. The molecular weight excluding hydrogens is 304 g/mol. The molecule has 2 rings (SSSR count). The first-order valence-electron chi connectivity index (χ1n) is 6.63. The highest BCUT2D eigenvalue weighted by Crippen LogP contribution is 2.31. The van der Waals surface area contributed by atoms with Crippen molar-refractivity contribution in [1.29, 1.82) is 0 Å². The summed E-state index contributed by atoms with van der Waals surface area (Å²) in [6, 6.07) is 6.14. The number of aryl methyl sites for hydroxylation is 2. The molecule has 1 atom stereocenters. The Labute approximate surface area is 132 Å². The topological polar surface area (TPSA) is 80.9 Å². The summed E-state index contributed by atoms with van der Waals surface area (Å²) in [6.45, 7) is 6.08. The third kappa shape index (κ3) is 4.18. The number of nitrogens with zero attached hydrogens (tertiary/aromatic N) is 2. The van der Waals surface area contributed by atoms with E-state index in [4.69, 9.17) is 5.73 Å². The smallest absolute Gasteiger partial charge is 0.230 e. The largest absolute Gasteiger partial charge is 0.369 e. The highest BCUT2D eigenvalue weighted by molar-refractivity contribution is 8.02. The maximum absolute atomic E-state index is 11.2. The van der Waals surface area contributed by atoms with Crippen LogP contribution in [0.3, 0.4) is 0 Å². The van der Waals surface area contributed by atoms with E-state index in [0.717, 1.165) is 10.0 Å². The first-order chi connectivity index (χ1) is 9.99. The molecule has 0 aliphatic heterocycles. The van der Waals surface area contributed by atoms with Gasteiger partial charge in [0.1, 0.15) is 0 Å². The fraction of sp³-hybridized carbons (Fsp3) is 0.357. The van der Waals surface area contributed by atoms with Gasteiger partial charge >= 0.3 is 0 Å². The van der Waals surface area contributed by atoms with Gasteiger partial charge in [0.2, 0.25) is 11.0 Å². The molecule has 0 radical (unpaired) electrons. The number of carbonyl (C=O) groups excluding carboxylic acids is 1. The van der Waals surface area contributed by atoms with Crippen molar-refractivity contribution in [3.8, 4) is 0 Å². The lowest BCUT2D eigenvalue weighted by Crippen LogP contribution is -2.24. The van der Waals surface area contributed by atoms with Crippen LogP contribution in [0.1, 0.15) is 24.5 Å². The minimum atomic E-state index is -0.318. The summed E-state index contributed by atoms with van der Waals surface area (Å²) in [7, 11) is 0. The number of hydrogen-bond donors (Lipinski definition) is 2. The van der Waals surface area contributed by atoms with Gasteiger partial charge in [-0.3, -0.25) is 4.79 Å². The third-order valence-corrected chi connectivity index (χ3v) is 5.40. The van der Waals surface area contributed by atoms with Gasteiger partial charge in [-0.25, -0.2) is 0 Å². The molecule has 0 saturated heterocycles. The molecule has 0 fully saturated rings. The van der Waals surface area contributed by atoms with E-state index in [9.17, 15) is 4.79 Å². The van der Waals surface area contributed by atoms with Crippen LogP contribution in [0.2, 0.25) is 0 Å². The molecule has 0 spiro atoms. The van der Waals surface area contributed by atoms with Crippen LogP contribution in [0, 0.1) is 13.8 Å². The molecule has 1 amide bonds. The quantitative estimate of drug-likeness (QED) is 0.798. The molecule has 0 saturated carbocycles. The second-order valence-electron chi connectivity index (χ2n) is 4.71. The first-order valence-corrected chi connectivity index (χ1v) is 8.33. The standard InChI is InChI=1S/C14H18N4OS2/c1-4-11(12(15)19)20-14-18-17-13(21-14)16-10-6-5-8(2)9(3)7-10/h5-7,11H,4H2,1-3H3,(H2,15,19)(H,16,17). The van der Waals surface area contributed by atoms with Crippen LogP contribution >= 0.6 is 23.1 Å². The van der Waals surface area contributed by atoms with E-state index in [2.05, 4.69) is 41.5 Å². The molecule has 2 aromatic rings. The fourth-order valence-corrected chi connectivity index (χ4v) is 3.60. The fourth-order valence-electron chi connectivity index (χ4n) is 1.71. The monoisotopic (exact) mass is 322 g/mol. The number of aromatic nitrogens is 2. The van der Waals surface area contributed by atoms with E-state index in [-0.39, 0.29) is 11.2 Å². The normalized spacial score (nSPS) is 12.1. The molecule has 1 heterocycles. The number of rotatable bonds is 6. The van der Waals surface area contributed by atoms with Gasteiger partial charge in [0.15, 0.2) is 4.34 Å². The zero-order chi connectivity index (χ0) is 15.4. The Morgan fingerprint density at radius 3 is 2.76 bits per heavy atom. The molecule has 1 aromatic carbocycles. The number of hydrogen-bond acceptors (Lipinski definition) is 6. The Bertz CT molecular complexity index is 642. The van der Waals surface area contributed by atoms with Crippen LogP contribution in [0.4, 0.5) is 10.8 Å². The average molecular weight is 322 g/mol. The van der Waals surface area contributed by atoms with Gasteiger partial charge < -0.3 is 11.1 Å². The van der Waals surface area contributed by atoms with Gasteiger partial charge in [-0.05, 0) is 43.5 Å². The second-order valence-corrected chi connectivity index (χ2v) is 7.14. The molecule has 0 bridgehead atoms. The minimum Gasteiger partial charge on any atom is -0.369 e. The molecular formula is C14H18N4OS2. The number of nitrogens with two attached hydrogens (primary N) is 1. The average Bonchev–Trinajstić information content (AvgIpc) is 2.87. The Morgan fingerprint density at radius 1 is 1.38 bits per heavy atom. The Kier molecular flexibility index (Phi) is 5.19. The number of thioether (sulfide) groups is 1. The van der Waals surface area contributed by atoms with Gasteiger partial charge in [-0.15, -0.1) is 10.2 Å². The van der Waals surface area contributed by atoms with E-state index < -0.39 is 0 Å². The maximum Gasteiger partial charge on any atom is 0.230 e. The lowest BCUT2D eigenvalue weighted by molar-refractivity contribution is -0.117. The maximum atomic E-state index is 11.2. The van der Waals surface area contributed by atoms with Gasteiger partial charge in [-0.2, -0.15) is 0 Å². The van der Waals surface area contributed by atoms with Crippen molar-refractivity contribution >= 4 is 39.8 Å². The van der Waals surface area contributed by atoms with Crippen LogP contribution in [0.15, 0.2) is 22.5 Å². The van der Waals surface area contributed by atoms with Crippen molar-refractivity contribution in [1.82, 2.24) is 10.2 Å². The lowest BCUT2D eigenvalue weighted by Gasteiger charge is -2.06. The summed E-state index contributed by atoms with van der Waals surface area (Å²) >= 11 is 2.78. The Morgan fingerprint density at radius 2 is 2.14 bits per heavy atom. The van der Waals surface area contributed by atoms with Crippen molar-refractivity contribution < 1.29 is 4.79 Å². The summed E-state index contributed by atoms with van der Waals surface area (Å²) in [5.41, 5.74) is 8.79. The van der Waals surface area contributed by atoms with E-state index in [1.807, 2.05) is 13.0 Å². The van der Waals surface area contributed by atoms with Crippen LogP contribution in [0.25, 0.3) is 0 Å². The second kappa shape index (κ2) is 6.91. The molecule has 0 aliphatic rings. The predicted molar refractivity (Wildman–Crippen MR) is 88.2 cm³/mol. The number of benzene rings is 1. The number of anilines is 2. The Balaban J connectivity index is 2.06. The van der Waals surface area contributed by atoms with Crippen molar-refractivity contribution in [3.63, 3.8) is 0 Å². The number of nitrogens with one attached hydrogen (secondary N) is 1. The number of amides is 1. The van der Waals surface area contributed by atoms with E-state index in [1.165, 1.54) is 34.2 Å². The van der Waals surface area contributed by atoms with Gasteiger partial charge in [0, 0.05) is 5.69 Å². The molecule has 7 heteroatoms.